The zero-order valence-corrected chi connectivity index (χ0v) is 11.5. The summed E-state index contributed by atoms with van der Waals surface area (Å²) in [5.41, 5.74) is 0.154. The monoisotopic (exact) mass is 274 g/mol. The van der Waals surface area contributed by atoms with E-state index in [9.17, 15) is 10.1 Å². The normalized spacial score (nSPS) is 22.0. The largest absolute Gasteiger partial charge is 0.489 e. The van der Waals surface area contributed by atoms with E-state index in [0.717, 1.165) is 25.7 Å². The highest BCUT2D eigenvalue weighted by molar-refractivity contribution is 5.50. The maximum Gasteiger partial charge on any atom is 0.271 e. The van der Waals surface area contributed by atoms with Gasteiger partial charge in [0.15, 0.2) is 0 Å². The van der Waals surface area contributed by atoms with Crippen molar-refractivity contribution < 1.29 is 9.66 Å². The van der Waals surface area contributed by atoms with Crippen LogP contribution in [0.5, 0.6) is 5.75 Å². The van der Waals surface area contributed by atoms with Gasteiger partial charge in [-0.15, -0.1) is 0 Å². The number of nitriles is 1. The molecule has 0 aliphatic heterocycles. The number of hydrogen-bond donors (Lipinski definition) is 0. The minimum atomic E-state index is -0.502. The van der Waals surface area contributed by atoms with E-state index in [0.29, 0.717) is 11.7 Å². The lowest BCUT2D eigenvalue weighted by atomic mass is 9.85. The van der Waals surface area contributed by atoms with Crippen molar-refractivity contribution in [1.82, 2.24) is 0 Å². The zero-order valence-electron chi connectivity index (χ0n) is 11.5. The third-order valence-electron chi connectivity index (χ3n) is 3.90. The minimum absolute atomic E-state index is 0.0796. The van der Waals surface area contributed by atoms with Gasteiger partial charge in [-0.3, -0.25) is 10.1 Å². The van der Waals surface area contributed by atoms with Crippen LogP contribution in [0.1, 0.15) is 44.6 Å². The molecule has 0 N–H and O–H groups in total. The smallest absolute Gasteiger partial charge is 0.271 e. The van der Waals surface area contributed by atoms with Crippen LogP contribution in [0.3, 0.4) is 0 Å². The second-order valence-corrected chi connectivity index (χ2v) is 5.23. The number of nitro benzene ring substituents is 1. The molecule has 0 amide bonds. The first-order chi connectivity index (χ1) is 9.63. The number of benzene rings is 1. The van der Waals surface area contributed by atoms with E-state index in [4.69, 9.17) is 10.00 Å². The van der Waals surface area contributed by atoms with E-state index in [2.05, 4.69) is 6.92 Å². The lowest BCUT2D eigenvalue weighted by Gasteiger charge is -2.29. The highest BCUT2D eigenvalue weighted by atomic mass is 16.6. The first kappa shape index (κ1) is 14.3. The summed E-state index contributed by atoms with van der Waals surface area (Å²) >= 11 is 0. The molecule has 1 fully saturated rings. The fourth-order valence-corrected chi connectivity index (χ4v) is 2.72. The van der Waals surface area contributed by atoms with Gasteiger partial charge < -0.3 is 4.74 Å². The van der Waals surface area contributed by atoms with Gasteiger partial charge in [0.1, 0.15) is 17.4 Å². The van der Waals surface area contributed by atoms with Gasteiger partial charge in [0.05, 0.1) is 11.0 Å². The molecule has 5 nitrogen and oxygen atoms in total. The van der Waals surface area contributed by atoms with Gasteiger partial charge in [-0.1, -0.05) is 19.8 Å². The van der Waals surface area contributed by atoms with Gasteiger partial charge in [-0.25, -0.2) is 0 Å². The van der Waals surface area contributed by atoms with Crippen LogP contribution in [0.4, 0.5) is 5.69 Å². The Hall–Kier alpha value is -2.09. The molecule has 0 spiro atoms. The van der Waals surface area contributed by atoms with Crippen LogP contribution >= 0.6 is 0 Å². The Balaban J connectivity index is 2.13. The van der Waals surface area contributed by atoms with E-state index in [1.54, 1.807) is 0 Å². The average Bonchev–Trinajstić information content (AvgIpc) is 2.47. The van der Waals surface area contributed by atoms with Gasteiger partial charge >= 0.3 is 0 Å². The van der Waals surface area contributed by atoms with Crippen molar-refractivity contribution >= 4 is 5.69 Å². The molecule has 20 heavy (non-hydrogen) atoms. The summed E-state index contributed by atoms with van der Waals surface area (Å²) in [6.07, 6.45) is 5.61. The van der Waals surface area contributed by atoms with Crippen LogP contribution in [0.25, 0.3) is 0 Å². The van der Waals surface area contributed by atoms with Crippen LogP contribution in [0, 0.1) is 27.4 Å². The molecular weight excluding hydrogens is 256 g/mol. The number of rotatable bonds is 4. The number of nitrogens with zero attached hydrogens (tertiary/aromatic N) is 2. The third kappa shape index (κ3) is 3.27. The lowest BCUT2D eigenvalue weighted by Crippen LogP contribution is -2.25. The topological polar surface area (TPSA) is 76.2 Å². The van der Waals surface area contributed by atoms with Gasteiger partial charge in [-0.05, 0) is 31.2 Å². The zero-order chi connectivity index (χ0) is 14.5. The highest BCUT2D eigenvalue weighted by Gasteiger charge is 2.23. The molecule has 0 heterocycles. The predicted octanol–water partition coefficient (Wildman–Crippen LogP) is 3.81. The molecule has 1 aromatic rings. The van der Waals surface area contributed by atoms with Crippen molar-refractivity contribution in [1.29, 1.82) is 5.26 Å². The first-order valence-corrected chi connectivity index (χ1v) is 6.99. The van der Waals surface area contributed by atoms with Gasteiger partial charge in [-0.2, -0.15) is 5.26 Å². The maximum absolute atomic E-state index is 10.7. The summed E-state index contributed by atoms with van der Waals surface area (Å²) in [7, 11) is 0. The summed E-state index contributed by atoms with van der Waals surface area (Å²) in [5.74, 6) is 1.14. The van der Waals surface area contributed by atoms with Crippen molar-refractivity contribution in [3.63, 3.8) is 0 Å². The van der Waals surface area contributed by atoms with Crippen LogP contribution in [0.15, 0.2) is 18.2 Å². The first-order valence-electron chi connectivity index (χ1n) is 6.99. The van der Waals surface area contributed by atoms with Crippen LogP contribution in [-0.2, 0) is 0 Å². The molecule has 106 valence electrons. The van der Waals surface area contributed by atoms with Crippen molar-refractivity contribution in [2.75, 3.05) is 0 Å². The van der Waals surface area contributed by atoms with Crippen LogP contribution in [-0.4, -0.2) is 11.0 Å². The van der Waals surface area contributed by atoms with E-state index in [1.165, 1.54) is 24.6 Å². The number of non-ortho nitro benzene ring substituents is 1. The molecule has 0 saturated heterocycles. The van der Waals surface area contributed by atoms with Gasteiger partial charge in [0, 0.05) is 12.1 Å². The molecule has 2 atom stereocenters. The van der Waals surface area contributed by atoms with E-state index in [1.807, 2.05) is 6.07 Å². The average molecular weight is 274 g/mol. The molecular formula is C15H18N2O3. The number of hydrogen-bond acceptors (Lipinski definition) is 4. The molecule has 2 unspecified atom stereocenters. The lowest BCUT2D eigenvalue weighted by molar-refractivity contribution is -0.384. The molecule has 0 radical (unpaired) electrons. The van der Waals surface area contributed by atoms with Crippen LogP contribution in [0.2, 0.25) is 0 Å². The summed E-state index contributed by atoms with van der Waals surface area (Å²) in [4.78, 5) is 10.2. The number of ether oxygens (including phenoxy) is 1. The Morgan fingerprint density at radius 1 is 1.50 bits per heavy atom. The quantitative estimate of drug-likeness (QED) is 0.617. The third-order valence-corrected chi connectivity index (χ3v) is 3.90. The van der Waals surface area contributed by atoms with E-state index in [-0.39, 0.29) is 17.4 Å². The summed E-state index contributed by atoms with van der Waals surface area (Å²) in [5, 5.41) is 19.8. The highest BCUT2D eigenvalue weighted by Crippen LogP contribution is 2.31. The molecule has 1 aliphatic rings. The summed E-state index contributed by atoms with van der Waals surface area (Å²) in [6.45, 7) is 2.18. The van der Waals surface area contributed by atoms with Crippen molar-refractivity contribution in [2.24, 2.45) is 5.92 Å². The van der Waals surface area contributed by atoms with Crippen LogP contribution < -0.4 is 4.74 Å². The Bertz CT molecular complexity index is 536. The van der Waals surface area contributed by atoms with Crippen molar-refractivity contribution in [3.8, 4) is 11.8 Å². The minimum Gasteiger partial charge on any atom is -0.489 e. The fourth-order valence-electron chi connectivity index (χ4n) is 2.72. The second-order valence-electron chi connectivity index (χ2n) is 5.23. The van der Waals surface area contributed by atoms with Crippen molar-refractivity contribution in [2.45, 2.75) is 45.1 Å². The summed E-state index contributed by atoms with van der Waals surface area (Å²) < 4.78 is 5.90. The van der Waals surface area contributed by atoms with Gasteiger partial charge in [0.25, 0.3) is 5.69 Å². The molecule has 1 aliphatic carbocycles. The predicted molar refractivity (Wildman–Crippen MR) is 74.5 cm³/mol. The fraction of sp³-hybridized carbons (Fsp3) is 0.533. The standard InChI is InChI=1S/C15H18N2O3/c1-2-11-4-3-5-14(8-11)20-15-7-6-13(17(18)19)9-12(15)10-16/h6-7,9,11,14H,2-5,8H2,1H3. The molecule has 0 bridgehead atoms. The van der Waals surface area contributed by atoms with Crippen molar-refractivity contribution in [3.05, 3.63) is 33.9 Å². The van der Waals surface area contributed by atoms with E-state index < -0.39 is 4.92 Å². The Kier molecular flexibility index (Phi) is 4.57. The second kappa shape index (κ2) is 6.38. The molecule has 1 aromatic carbocycles. The SMILES string of the molecule is CCC1CCCC(Oc2ccc([N+](=O)[O-])cc2C#N)C1. The van der Waals surface area contributed by atoms with E-state index >= 15 is 0 Å². The number of nitro groups is 1. The Morgan fingerprint density at radius 3 is 2.95 bits per heavy atom. The molecule has 2 rings (SSSR count). The Morgan fingerprint density at radius 2 is 2.30 bits per heavy atom. The maximum atomic E-state index is 10.7. The van der Waals surface area contributed by atoms with Gasteiger partial charge in [0.2, 0.25) is 0 Å². The molecule has 0 aromatic heterocycles. The molecule has 5 heteroatoms. The summed E-state index contributed by atoms with van der Waals surface area (Å²) in [6, 6.07) is 6.17. The Labute approximate surface area is 118 Å². The molecule has 1 saturated carbocycles.